The van der Waals surface area contributed by atoms with Crippen LogP contribution in [0.3, 0.4) is 0 Å². The fraction of sp³-hybridized carbons (Fsp3) is 0.538. The highest BCUT2D eigenvalue weighted by Crippen LogP contribution is 2.20. The molecule has 1 saturated heterocycles. The quantitative estimate of drug-likeness (QED) is 0.897. The second-order valence-electron chi connectivity index (χ2n) is 4.47. The van der Waals surface area contributed by atoms with E-state index in [1.54, 1.807) is 6.07 Å². The number of carbonyl (C=O) groups excluding carboxylic acids is 1. The number of hydrogen-bond acceptors (Lipinski definition) is 4. The molecule has 0 radical (unpaired) electrons. The molecule has 1 amide bonds. The zero-order chi connectivity index (χ0) is 13.7. The number of carbonyl (C=O) groups is 1. The predicted octanol–water partition coefficient (Wildman–Crippen LogP) is 2.79. The maximum absolute atomic E-state index is 12.2. The smallest absolute Gasteiger partial charge is 0.253 e. The van der Waals surface area contributed by atoms with Gasteiger partial charge in [-0.2, -0.15) is 11.8 Å². The van der Waals surface area contributed by atoms with Crippen molar-refractivity contribution >= 4 is 35.1 Å². The van der Waals surface area contributed by atoms with Crippen LogP contribution < -0.4 is 10.6 Å². The summed E-state index contributed by atoms with van der Waals surface area (Å²) in [6.45, 7) is 2.74. The minimum atomic E-state index is -0.112. The molecule has 1 atom stereocenters. The summed E-state index contributed by atoms with van der Waals surface area (Å²) in [5.41, 5.74) is 0.489. The third-order valence-electron chi connectivity index (χ3n) is 2.95. The van der Waals surface area contributed by atoms with Crippen LogP contribution in [0, 0.1) is 0 Å². The molecule has 1 unspecified atom stereocenters. The molecule has 2 heterocycles. The van der Waals surface area contributed by atoms with Crippen molar-refractivity contribution in [2.75, 3.05) is 23.4 Å². The first-order valence-electron chi connectivity index (χ1n) is 6.48. The maximum atomic E-state index is 12.2. The Balaban J connectivity index is 2.06. The maximum Gasteiger partial charge on any atom is 0.253 e. The van der Waals surface area contributed by atoms with Gasteiger partial charge in [-0.15, -0.1) is 0 Å². The third-order valence-corrected chi connectivity index (χ3v) is 4.47. The Kier molecular flexibility index (Phi) is 5.34. The van der Waals surface area contributed by atoms with E-state index in [1.165, 1.54) is 11.9 Å². The topological polar surface area (TPSA) is 54.0 Å². The molecule has 0 aliphatic carbocycles. The summed E-state index contributed by atoms with van der Waals surface area (Å²) in [6, 6.07) is 1.95. The van der Waals surface area contributed by atoms with Gasteiger partial charge in [0.05, 0.1) is 10.6 Å². The lowest BCUT2D eigenvalue weighted by Gasteiger charge is -2.22. The Morgan fingerprint density at radius 1 is 1.63 bits per heavy atom. The standard InChI is InChI=1S/C13H18ClN3OS/c1-2-15-12-6-10(11(14)7-16-12)13(18)17-9-4-3-5-19-8-9/h6-7,9H,2-5,8H2,1H3,(H,15,16)(H,17,18). The lowest BCUT2D eigenvalue weighted by atomic mass is 10.1. The van der Waals surface area contributed by atoms with Crippen molar-refractivity contribution in [3.05, 3.63) is 22.8 Å². The van der Waals surface area contributed by atoms with Crippen molar-refractivity contribution in [3.63, 3.8) is 0 Å². The molecular formula is C13H18ClN3OS. The summed E-state index contributed by atoms with van der Waals surface area (Å²) in [7, 11) is 0. The van der Waals surface area contributed by atoms with Gasteiger partial charge in [0.2, 0.25) is 0 Å². The molecule has 1 aliphatic rings. The van der Waals surface area contributed by atoms with E-state index in [0.29, 0.717) is 16.4 Å². The molecule has 4 nitrogen and oxygen atoms in total. The zero-order valence-electron chi connectivity index (χ0n) is 10.9. The number of aromatic nitrogens is 1. The summed E-state index contributed by atoms with van der Waals surface area (Å²) in [5, 5.41) is 6.52. The second-order valence-corrected chi connectivity index (χ2v) is 6.02. The lowest BCUT2D eigenvalue weighted by molar-refractivity contribution is 0.0938. The van der Waals surface area contributed by atoms with Crippen LogP contribution in [0.25, 0.3) is 0 Å². The number of thioether (sulfide) groups is 1. The molecule has 0 bridgehead atoms. The highest BCUT2D eigenvalue weighted by Gasteiger charge is 2.19. The molecule has 104 valence electrons. The summed E-state index contributed by atoms with van der Waals surface area (Å²) in [6.07, 6.45) is 3.72. The van der Waals surface area contributed by atoms with Crippen molar-refractivity contribution in [1.29, 1.82) is 0 Å². The van der Waals surface area contributed by atoms with Gasteiger partial charge >= 0.3 is 0 Å². The Hall–Kier alpha value is -0.940. The minimum absolute atomic E-state index is 0.112. The van der Waals surface area contributed by atoms with Crippen LogP contribution in [0.5, 0.6) is 0 Å². The molecule has 6 heteroatoms. The Bertz CT molecular complexity index is 450. The summed E-state index contributed by atoms with van der Waals surface area (Å²) < 4.78 is 0. The van der Waals surface area contributed by atoms with Crippen molar-refractivity contribution in [2.24, 2.45) is 0 Å². The predicted molar refractivity (Wildman–Crippen MR) is 81.2 cm³/mol. The number of pyridine rings is 1. The first kappa shape index (κ1) is 14.5. The molecular weight excluding hydrogens is 282 g/mol. The molecule has 2 N–H and O–H groups in total. The van der Waals surface area contributed by atoms with Crippen molar-refractivity contribution in [3.8, 4) is 0 Å². The summed E-state index contributed by atoms with van der Waals surface area (Å²) >= 11 is 7.94. The van der Waals surface area contributed by atoms with Gasteiger partial charge < -0.3 is 10.6 Å². The monoisotopic (exact) mass is 299 g/mol. The van der Waals surface area contributed by atoms with Gasteiger partial charge in [-0.1, -0.05) is 11.6 Å². The van der Waals surface area contributed by atoms with Crippen molar-refractivity contribution < 1.29 is 4.79 Å². The number of nitrogens with one attached hydrogen (secondary N) is 2. The Labute approximate surface area is 122 Å². The second kappa shape index (κ2) is 7.01. The number of hydrogen-bond donors (Lipinski definition) is 2. The molecule has 0 saturated carbocycles. The normalized spacial score (nSPS) is 18.9. The van der Waals surface area contributed by atoms with E-state index in [1.807, 2.05) is 18.7 Å². The molecule has 2 rings (SSSR count). The van der Waals surface area contributed by atoms with Crippen LogP contribution in [0.15, 0.2) is 12.3 Å². The fourth-order valence-corrected chi connectivity index (χ4v) is 3.27. The van der Waals surface area contributed by atoms with Crippen LogP contribution in [-0.4, -0.2) is 35.0 Å². The highest BCUT2D eigenvalue weighted by atomic mass is 35.5. The Morgan fingerprint density at radius 2 is 2.47 bits per heavy atom. The van der Waals surface area contributed by atoms with Gasteiger partial charge in [0.25, 0.3) is 5.91 Å². The molecule has 19 heavy (non-hydrogen) atoms. The van der Waals surface area contributed by atoms with Crippen molar-refractivity contribution in [1.82, 2.24) is 10.3 Å². The van der Waals surface area contributed by atoms with Gasteiger partial charge in [0.15, 0.2) is 0 Å². The average molecular weight is 300 g/mol. The van der Waals surface area contributed by atoms with Gasteiger partial charge in [-0.05, 0) is 31.6 Å². The first-order chi connectivity index (χ1) is 9.20. The number of halogens is 1. The fourth-order valence-electron chi connectivity index (χ4n) is 2.01. The summed E-state index contributed by atoms with van der Waals surface area (Å²) in [4.78, 5) is 16.4. The number of rotatable bonds is 4. The zero-order valence-corrected chi connectivity index (χ0v) is 12.5. The minimum Gasteiger partial charge on any atom is -0.370 e. The molecule has 1 fully saturated rings. The molecule has 1 aromatic rings. The van der Waals surface area contributed by atoms with Gasteiger partial charge in [0, 0.05) is 24.5 Å². The Morgan fingerprint density at radius 3 is 3.16 bits per heavy atom. The van der Waals surface area contributed by atoms with E-state index in [9.17, 15) is 4.79 Å². The van der Waals surface area contributed by atoms with Crippen LogP contribution in [-0.2, 0) is 0 Å². The largest absolute Gasteiger partial charge is 0.370 e. The van der Waals surface area contributed by atoms with E-state index in [-0.39, 0.29) is 11.9 Å². The van der Waals surface area contributed by atoms with Gasteiger partial charge in [0.1, 0.15) is 5.82 Å². The van der Waals surface area contributed by atoms with E-state index in [0.717, 1.165) is 25.1 Å². The number of anilines is 1. The van der Waals surface area contributed by atoms with Crippen LogP contribution in [0.4, 0.5) is 5.82 Å². The molecule has 1 aromatic heterocycles. The number of amides is 1. The summed E-state index contributed by atoms with van der Waals surface area (Å²) in [5.74, 6) is 2.73. The lowest BCUT2D eigenvalue weighted by Crippen LogP contribution is -2.38. The van der Waals surface area contributed by atoms with Crippen LogP contribution >= 0.6 is 23.4 Å². The highest BCUT2D eigenvalue weighted by molar-refractivity contribution is 7.99. The van der Waals surface area contributed by atoms with E-state index in [4.69, 9.17) is 11.6 Å². The number of nitrogens with zero attached hydrogens (tertiary/aromatic N) is 1. The van der Waals surface area contributed by atoms with Gasteiger partial charge in [-0.3, -0.25) is 4.79 Å². The third kappa shape index (κ3) is 4.01. The SMILES string of the molecule is CCNc1cc(C(=O)NC2CCCSC2)c(Cl)cn1. The molecule has 1 aliphatic heterocycles. The van der Waals surface area contributed by atoms with Crippen LogP contribution in [0.1, 0.15) is 30.1 Å². The van der Waals surface area contributed by atoms with E-state index < -0.39 is 0 Å². The van der Waals surface area contributed by atoms with E-state index in [2.05, 4.69) is 15.6 Å². The van der Waals surface area contributed by atoms with E-state index >= 15 is 0 Å². The average Bonchev–Trinajstić information content (AvgIpc) is 2.42. The van der Waals surface area contributed by atoms with Crippen molar-refractivity contribution in [2.45, 2.75) is 25.8 Å². The first-order valence-corrected chi connectivity index (χ1v) is 8.02. The molecule has 0 aromatic carbocycles. The molecule has 0 spiro atoms. The van der Waals surface area contributed by atoms with Gasteiger partial charge in [-0.25, -0.2) is 4.98 Å². The van der Waals surface area contributed by atoms with Crippen LogP contribution in [0.2, 0.25) is 5.02 Å².